The smallest absolute Gasteiger partial charge is 0.0831 e. The van der Waals surface area contributed by atoms with Crippen molar-refractivity contribution in [3.05, 3.63) is 65.7 Å². The van der Waals surface area contributed by atoms with Crippen LogP contribution in [0.4, 0.5) is 5.69 Å². The fraction of sp³-hybridized carbons (Fsp3) is 0.316. The van der Waals surface area contributed by atoms with Crippen LogP contribution in [0, 0.1) is 0 Å². The Hall–Kier alpha value is -2.33. The molecule has 4 heteroatoms. The van der Waals surface area contributed by atoms with E-state index in [0.29, 0.717) is 0 Å². The first-order valence-electron chi connectivity index (χ1n) is 8.19. The van der Waals surface area contributed by atoms with Crippen LogP contribution in [0.25, 0.3) is 0 Å². The molecule has 0 bridgehead atoms. The topological polar surface area (TPSA) is 39.1 Å². The van der Waals surface area contributed by atoms with Crippen molar-refractivity contribution in [1.82, 2.24) is 4.90 Å². The molecule has 1 aliphatic carbocycles. The Kier molecular flexibility index (Phi) is 3.75. The highest BCUT2D eigenvalue weighted by atomic mass is 16.4. The zero-order valence-corrected chi connectivity index (χ0v) is 13.1. The summed E-state index contributed by atoms with van der Waals surface area (Å²) in [5.41, 5.74) is 4.75. The van der Waals surface area contributed by atoms with Gasteiger partial charge in [0, 0.05) is 38.3 Å². The van der Waals surface area contributed by atoms with Gasteiger partial charge in [-0.05, 0) is 23.3 Å². The highest BCUT2D eigenvalue weighted by molar-refractivity contribution is 5.96. The highest BCUT2D eigenvalue weighted by Gasteiger charge is 2.35. The molecule has 1 aliphatic heterocycles. The molecule has 1 heterocycles. The van der Waals surface area contributed by atoms with Crippen LogP contribution in [0.3, 0.4) is 0 Å². The summed E-state index contributed by atoms with van der Waals surface area (Å²) < 4.78 is 0. The van der Waals surface area contributed by atoms with Crippen LogP contribution in [-0.2, 0) is 6.42 Å². The molecule has 0 radical (unpaired) electrons. The summed E-state index contributed by atoms with van der Waals surface area (Å²) in [4.78, 5) is 4.87. The molecule has 2 aromatic carbocycles. The van der Waals surface area contributed by atoms with Crippen molar-refractivity contribution in [2.24, 2.45) is 5.16 Å². The maximum absolute atomic E-state index is 9.42. The lowest BCUT2D eigenvalue weighted by atomic mass is 10.1. The van der Waals surface area contributed by atoms with Gasteiger partial charge in [0.1, 0.15) is 0 Å². The maximum atomic E-state index is 9.42. The summed E-state index contributed by atoms with van der Waals surface area (Å²) in [6, 6.07) is 19.1. The average molecular weight is 307 g/mol. The van der Waals surface area contributed by atoms with Gasteiger partial charge < -0.3 is 10.1 Å². The number of hydrogen-bond acceptors (Lipinski definition) is 4. The van der Waals surface area contributed by atoms with Gasteiger partial charge in [0.05, 0.1) is 11.8 Å². The van der Waals surface area contributed by atoms with Gasteiger partial charge in [-0.15, -0.1) is 0 Å². The molecule has 4 nitrogen and oxygen atoms in total. The summed E-state index contributed by atoms with van der Waals surface area (Å²) in [5, 5.41) is 13.0. The molecular formula is C19H21N3O. The number of anilines is 1. The van der Waals surface area contributed by atoms with Crippen molar-refractivity contribution in [2.45, 2.75) is 12.5 Å². The maximum Gasteiger partial charge on any atom is 0.0831 e. The van der Waals surface area contributed by atoms with Crippen LogP contribution in [0.5, 0.6) is 0 Å². The summed E-state index contributed by atoms with van der Waals surface area (Å²) in [5.74, 6) is 0. The third-order valence-corrected chi connectivity index (χ3v) is 4.97. The molecule has 0 amide bonds. The van der Waals surface area contributed by atoms with E-state index in [1.165, 1.54) is 16.8 Å². The Bertz CT molecular complexity index is 706. The number of oxime groups is 1. The van der Waals surface area contributed by atoms with E-state index in [4.69, 9.17) is 0 Å². The lowest BCUT2D eigenvalue weighted by Crippen LogP contribution is -2.48. The minimum Gasteiger partial charge on any atom is -0.411 e. The van der Waals surface area contributed by atoms with Gasteiger partial charge in [0.2, 0.25) is 0 Å². The van der Waals surface area contributed by atoms with E-state index >= 15 is 0 Å². The monoisotopic (exact) mass is 307 g/mol. The Labute approximate surface area is 136 Å². The molecule has 2 aromatic rings. The van der Waals surface area contributed by atoms with E-state index in [2.05, 4.69) is 69.6 Å². The summed E-state index contributed by atoms with van der Waals surface area (Å²) in [6.07, 6.45) is 0.760. The van der Waals surface area contributed by atoms with Crippen LogP contribution in [0.15, 0.2) is 59.8 Å². The van der Waals surface area contributed by atoms with Crippen LogP contribution in [-0.4, -0.2) is 42.0 Å². The van der Waals surface area contributed by atoms with Gasteiger partial charge in [0.25, 0.3) is 0 Å². The largest absolute Gasteiger partial charge is 0.411 e. The number of piperazine rings is 1. The molecule has 0 spiro atoms. The van der Waals surface area contributed by atoms with Crippen molar-refractivity contribution in [3.63, 3.8) is 0 Å². The number of benzene rings is 2. The first-order chi connectivity index (χ1) is 11.4. The summed E-state index contributed by atoms with van der Waals surface area (Å²) in [6.45, 7) is 3.96. The summed E-state index contributed by atoms with van der Waals surface area (Å²) in [7, 11) is 0. The van der Waals surface area contributed by atoms with E-state index in [1.54, 1.807) is 0 Å². The zero-order chi connectivity index (χ0) is 15.6. The van der Waals surface area contributed by atoms with Crippen LogP contribution >= 0.6 is 0 Å². The van der Waals surface area contributed by atoms with Gasteiger partial charge in [0.15, 0.2) is 0 Å². The van der Waals surface area contributed by atoms with Crippen molar-refractivity contribution in [2.75, 3.05) is 31.1 Å². The van der Waals surface area contributed by atoms with Gasteiger partial charge >= 0.3 is 0 Å². The Morgan fingerprint density at radius 1 is 0.870 bits per heavy atom. The van der Waals surface area contributed by atoms with Crippen molar-refractivity contribution in [1.29, 1.82) is 0 Å². The quantitative estimate of drug-likeness (QED) is 0.685. The molecule has 118 valence electrons. The summed E-state index contributed by atoms with van der Waals surface area (Å²) >= 11 is 0. The number of rotatable bonds is 2. The van der Waals surface area contributed by atoms with Gasteiger partial charge in [-0.25, -0.2) is 0 Å². The zero-order valence-electron chi connectivity index (χ0n) is 13.1. The van der Waals surface area contributed by atoms with Crippen LogP contribution in [0.2, 0.25) is 0 Å². The molecule has 0 saturated carbocycles. The van der Waals surface area contributed by atoms with Crippen LogP contribution in [0.1, 0.15) is 17.2 Å². The lowest BCUT2D eigenvalue weighted by molar-refractivity contribution is 0.224. The van der Waals surface area contributed by atoms with Gasteiger partial charge in [-0.1, -0.05) is 47.6 Å². The first-order valence-corrected chi connectivity index (χ1v) is 8.19. The van der Waals surface area contributed by atoms with Crippen molar-refractivity contribution >= 4 is 11.4 Å². The molecule has 1 N–H and O–H groups in total. The Morgan fingerprint density at radius 3 is 2.30 bits per heavy atom. The van der Waals surface area contributed by atoms with Crippen molar-refractivity contribution < 1.29 is 5.21 Å². The predicted molar refractivity (Wildman–Crippen MR) is 92.3 cm³/mol. The van der Waals surface area contributed by atoms with Gasteiger partial charge in [-0.3, -0.25) is 4.90 Å². The van der Waals surface area contributed by atoms with E-state index in [-0.39, 0.29) is 6.04 Å². The minimum atomic E-state index is 0.133. The Balaban J connectivity index is 1.52. The molecule has 2 aliphatic rings. The number of para-hydroxylation sites is 1. The van der Waals surface area contributed by atoms with E-state index in [1.807, 2.05) is 0 Å². The van der Waals surface area contributed by atoms with E-state index < -0.39 is 0 Å². The molecule has 23 heavy (non-hydrogen) atoms. The number of hydrogen-bond donors (Lipinski definition) is 1. The molecule has 0 aromatic heterocycles. The van der Waals surface area contributed by atoms with Crippen molar-refractivity contribution in [3.8, 4) is 0 Å². The Morgan fingerprint density at radius 2 is 1.57 bits per heavy atom. The minimum absolute atomic E-state index is 0.133. The number of fused-ring (bicyclic) bond motifs is 1. The second-order valence-electron chi connectivity index (χ2n) is 6.23. The van der Waals surface area contributed by atoms with E-state index in [9.17, 15) is 5.21 Å². The average Bonchev–Trinajstić information content (AvgIpc) is 3.01. The van der Waals surface area contributed by atoms with Gasteiger partial charge in [-0.2, -0.15) is 0 Å². The normalized spacial score (nSPS) is 23.2. The lowest BCUT2D eigenvalue weighted by Gasteiger charge is -2.39. The molecule has 1 atom stereocenters. The highest BCUT2D eigenvalue weighted by Crippen LogP contribution is 2.34. The fourth-order valence-electron chi connectivity index (χ4n) is 3.81. The number of nitrogens with zero attached hydrogens (tertiary/aromatic N) is 3. The molecule has 1 saturated heterocycles. The van der Waals surface area contributed by atoms with Crippen LogP contribution < -0.4 is 4.90 Å². The SMILES string of the molecule is O/N=C1\Cc2ccccc2C1N1CCN(c2ccccc2)CC1. The fourth-order valence-corrected chi connectivity index (χ4v) is 3.81. The third kappa shape index (κ3) is 2.59. The molecule has 1 unspecified atom stereocenters. The second kappa shape index (κ2) is 6.05. The molecule has 4 rings (SSSR count). The predicted octanol–water partition coefficient (Wildman–Crippen LogP) is 2.94. The first kappa shape index (κ1) is 14.3. The molecule has 1 fully saturated rings. The molecular weight excluding hydrogens is 286 g/mol. The third-order valence-electron chi connectivity index (χ3n) is 4.97. The second-order valence-corrected chi connectivity index (χ2v) is 6.23. The standard InChI is InChI=1S/C19H21N3O/c23-20-18-14-15-6-4-5-9-17(15)19(18)22-12-10-21(11-13-22)16-7-2-1-3-8-16/h1-9,19,23H,10-14H2/b20-18+. The van der Waals surface area contributed by atoms with E-state index in [0.717, 1.165) is 38.3 Å².